The molecule has 126 valence electrons. The van der Waals surface area contributed by atoms with E-state index in [0.29, 0.717) is 19.5 Å². The molecule has 1 saturated heterocycles. The van der Waals surface area contributed by atoms with Crippen LogP contribution in [0, 0.1) is 12.3 Å². The van der Waals surface area contributed by atoms with Gasteiger partial charge in [0, 0.05) is 25.2 Å². The first-order valence-electron chi connectivity index (χ1n) is 6.70. The predicted molar refractivity (Wildman–Crippen MR) is 84.3 cm³/mol. The number of nitrogens with two attached hydrogens (primary N) is 2. The van der Waals surface area contributed by atoms with E-state index in [1.54, 1.807) is 4.90 Å². The molecule has 1 aromatic rings. The SMILES string of the molecule is Cc1oc(C(=O)N2CCC(N)C(C)(C)C2)cc1S(N)(=O)=O.Cl. The maximum absolute atomic E-state index is 12.4. The number of nitrogens with zero attached hydrogens (tertiary/aromatic N) is 1. The maximum atomic E-state index is 12.4. The number of hydrogen-bond donors (Lipinski definition) is 2. The van der Waals surface area contributed by atoms with Crippen molar-refractivity contribution in [1.29, 1.82) is 0 Å². The third-order valence-corrected chi connectivity index (χ3v) is 5.01. The lowest BCUT2D eigenvalue weighted by Gasteiger charge is -2.42. The van der Waals surface area contributed by atoms with Gasteiger partial charge < -0.3 is 15.1 Å². The Balaban J connectivity index is 0.00000242. The molecule has 0 aliphatic carbocycles. The summed E-state index contributed by atoms with van der Waals surface area (Å²) >= 11 is 0. The van der Waals surface area contributed by atoms with Crippen LogP contribution in [0.25, 0.3) is 0 Å². The Morgan fingerprint density at radius 1 is 1.45 bits per heavy atom. The molecule has 4 N–H and O–H groups in total. The summed E-state index contributed by atoms with van der Waals surface area (Å²) in [6, 6.07) is 1.22. The Bertz CT molecular complexity index is 669. The molecule has 1 amide bonds. The molecular formula is C13H22ClN3O4S. The predicted octanol–water partition coefficient (Wildman–Crippen LogP) is 0.857. The smallest absolute Gasteiger partial charge is 0.289 e. The molecule has 1 fully saturated rings. The molecule has 1 aliphatic heterocycles. The lowest BCUT2D eigenvalue weighted by Crippen LogP contribution is -2.53. The zero-order valence-electron chi connectivity index (χ0n) is 12.8. The number of hydrogen-bond acceptors (Lipinski definition) is 5. The van der Waals surface area contributed by atoms with Crippen LogP contribution in [0.15, 0.2) is 15.4 Å². The summed E-state index contributed by atoms with van der Waals surface area (Å²) in [4.78, 5) is 13.9. The van der Waals surface area contributed by atoms with Crippen molar-refractivity contribution in [3.8, 4) is 0 Å². The highest BCUT2D eigenvalue weighted by Gasteiger charge is 2.36. The van der Waals surface area contributed by atoms with Gasteiger partial charge in [-0.25, -0.2) is 13.6 Å². The minimum absolute atomic E-state index is 0. The first-order chi connectivity index (χ1) is 9.52. The molecule has 22 heavy (non-hydrogen) atoms. The van der Waals surface area contributed by atoms with Gasteiger partial charge in [-0.2, -0.15) is 0 Å². The third-order valence-electron chi connectivity index (χ3n) is 3.99. The van der Waals surface area contributed by atoms with Gasteiger partial charge in [0.25, 0.3) is 5.91 Å². The molecule has 1 aromatic heterocycles. The summed E-state index contributed by atoms with van der Waals surface area (Å²) in [5, 5.41) is 5.08. The highest BCUT2D eigenvalue weighted by atomic mass is 35.5. The summed E-state index contributed by atoms with van der Waals surface area (Å²) in [5.74, 6) is -0.232. The first-order valence-corrected chi connectivity index (χ1v) is 8.25. The van der Waals surface area contributed by atoms with Crippen LogP contribution in [0.3, 0.4) is 0 Å². The Hall–Kier alpha value is -1.09. The number of rotatable bonds is 2. The van der Waals surface area contributed by atoms with Gasteiger partial charge in [-0.15, -0.1) is 12.4 Å². The minimum atomic E-state index is -3.89. The molecule has 1 unspecified atom stereocenters. The second-order valence-electron chi connectivity index (χ2n) is 6.19. The van der Waals surface area contributed by atoms with E-state index in [4.69, 9.17) is 15.3 Å². The van der Waals surface area contributed by atoms with Crippen molar-refractivity contribution in [3.63, 3.8) is 0 Å². The second-order valence-corrected chi connectivity index (χ2v) is 7.72. The van der Waals surface area contributed by atoms with Crippen molar-refractivity contribution in [2.24, 2.45) is 16.3 Å². The van der Waals surface area contributed by atoms with Gasteiger partial charge in [0.1, 0.15) is 10.7 Å². The summed E-state index contributed by atoms with van der Waals surface area (Å²) in [7, 11) is -3.89. The van der Waals surface area contributed by atoms with Crippen LogP contribution < -0.4 is 10.9 Å². The number of amides is 1. The molecule has 0 bridgehead atoms. The average Bonchev–Trinajstić information content (AvgIpc) is 2.73. The van der Waals surface area contributed by atoms with Gasteiger partial charge in [-0.1, -0.05) is 13.8 Å². The highest BCUT2D eigenvalue weighted by Crippen LogP contribution is 2.29. The summed E-state index contributed by atoms with van der Waals surface area (Å²) < 4.78 is 28.0. The summed E-state index contributed by atoms with van der Waals surface area (Å²) in [6.07, 6.45) is 0.695. The second kappa shape index (κ2) is 6.19. The molecule has 1 atom stereocenters. The number of halogens is 1. The van der Waals surface area contributed by atoms with Crippen LogP contribution in [0.2, 0.25) is 0 Å². The molecule has 2 rings (SSSR count). The van der Waals surface area contributed by atoms with E-state index in [1.807, 2.05) is 13.8 Å². The highest BCUT2D eigenvalue weighted by molar-refractivity contribution is 7.89. The molecule has 1 aliphatic rings. The number of likely N-dealkylation sites (tertiary alicyclic amines) is 1. The number of carbonyl (C=O) groups excluding carboxylic acids is 1. The van der Waals surface area contributed by atoms with Gasteiger partial charge in [0.2, 0.25) is 10.0 Å². The number of piperidine rings is 1. The van der Waals surface area contributed by atoms with Crippen LogP contribution in [0.4, 0.5) is 0 Å². The number of aryl methyl sites for hydroxylation is 1. The van der Waals surface area contributed by atoms with Crippen LogP contribution in [-0.4, -0.2) is 38.4 Å². The van der Waals surface area contributed by atoms with Crippen molar-refractivity contribution < 1.29 is 17.6 Å². The Kier molecular flexibility index (Phi) is 5.34. The average molecular weight is 352 g/mol. The van der Waals surface area contributed by atoms with Gasteiger partial charge in [-0.3, -0.25) is 4.79 Å². The van der Waals surface area contributed by atoms with Crippen molar-refractivity contribution in [2.45, 2.75) is 38.1 Å². The molecule has 0 aromatic carbocycles. The van der Waals surface area contributed by atoms with E-state index in [-0.39, 0.29) is 46.2 Å². The zero-order chi connectivity index (χ0) is 16.0. The standard InChI is InChI=1S/C13H21N3O4S.ClH/c1-8-10(21(15,18)19)6-9(20-8)12(17)16-5-4-11(14)13(2,3)7-16;/h6,11H,4-5,7,14H2,1-3H3,(H2,15,18,19);1H. The Labute approximate surface area is 136 Å². The fourth-order valence-corrected chi connectivity index (χ4v) is 3.27. The van der Waals surface area contributed by atoms with E-state index in [1.165, 1.54) is 13.0 Å². The quantitative estimate of drug-likeness (QED) is 0.818. The van der Waals surface area contributed by atoms with Crippen LogP contribution in [0.5, 0.6) is 0 Å². The van der Waals surface area contributed by atoms with E-state index in [0.717, 1.165) is 0 Å². The maximum Gasteiger partial charge on any atom is 0.289 e. The van der Waals surface area contributed by atoms with Crippen LogP contribution in [0.1, 0.15) is 36.6 Å². The molecule has 7 nitrogen and oxygen atoms in total. The Morgan fingerprint density at radius 3 is 2.50 bits per heavy atom. The third kappa shape index (κ3) is 3.62. The first kappa shape index (κ1) is 19.0. The van der Waals surface area contributed by atoms with E-state index < -0.39 is 10.0 Å². The van der Waals surface area contributed by atoms with Gasteiger partial charge >= 0.3 is 0 Å². The lowest BCUT2D eigenvalue weighted by atomic mass is 9.79. The number of primary sulfonamides is 1. The monoisotopic (exact) mass is 351 g/mol. The fraction of sp³-hybridized carbons (Fsp3) is 0.615. The molecule has 2 heterocycles. The van der Waals surface area contributed by atoms with Gasteiger partial charge in [0.05, 0.1) is 0 Å². The molecule has 9 heteroatoms. The topological polar surface area (TPSA) is 120 Å². The van der Waals surface area contributed by atoms with Crippen molar-refractivity contribution >= 4 is 28.3 Å². The minimum Gasteiger partial charge on any atom is -0.455 e. The van der Waals surface area contributed by atoms with Gasteiger partial charge in [0.15, 0.2) is 5.76 Å². The molecule has 0 saturated carbocycles. The number of furan rings is 1. The Morgan fingerprint density at radius 2 is 2.05 bits per heavy atom. The van der Waals surface area contributed by atoms with E-state index in [9.17, 15) is 13.2 Å². The van der Waals surface area contributed by atoms with Crippen molar-refractivity contribution in [2.75, 3.05) is 13.1 Å². The van der Waals surface area contributed by atoms with Gasteiger partial charge in [-0.05, 0) is 18.8 Å². The summed E-state index contributed by atoms with van der Waals surface area (Å²) in [6.45, 7) is 6.48. The lowest BCUT2D eigenvalue weighted by molar-refractivity contribution is 0.0502. The largest absolute Gasteiger partial charge is 0.455 e. The van der Waals surface area contributed by atoms with Crippen LogP contribution >= 0.6 is 12.4 Å². The normalized spacial score (nSPS) is 21.3. The molecule has 0 spiro atoms. The fourth-order valence-electron chi connectivity index (χ4n) is 2.56. The number of sulfonamides is 1. The van der Waals surface area contributed by atoms with E-state index in [2.05, 4.69) is 0 Å². The molecule has 0 radical (unpaired) electrons. The number of carbonyl (C=O) groups is 1. The summed E-state index contributed by atoms with van der Waals surface area (Å²) in [5.41, 5.74) is 5.85. The van der Waals surface area contributed by atoms with E-state index >= 15 is 0 Å². The van der Waals surface area contributed by atoms with Crippen molar-refractivity contribution in [1.82, 2.24) is 4.90 Å². The zero-order valence-corrected chi connectivity index (χ0v) is 14.5. The molecular weight excluding hydrogens is 330 g/mol. The van der Waals surface area contributed by atoms with Crippen molar-refractivity contribution in [3.05, 3.63) is 17.6 Å². The van der Waals surface area contributed by atoms with Crippen LogP contribution in [-0.2, 0) is 10.0 Å².